The first-order chi connectivity index (χ1) is 13.3. The second kappa shape index (κ2) is 12.3. The zero-order valence-corrected chi connectivity index (χ0v) is 22.4. The van der Waals surface area contributed by atoms with Crippen LogP contribution in [0.1, 0.15) is 22.3 Å². The number of benzene rings is 2. The van der Waals surface area contributed by atoms with Crippen LogP contribution in [0.25, 0.3) is 21.9 Å². The average molecular weight is 477 g/mol. The Balaban J connectivity index is 0.000000259. The average Bonchev–Trinajstić information content (AvgIpc) is 3.20. The fourth-order valence-corrected chi connectivity index (χ4v) is 3.15. The van der Waals surface area contributed by atoms with Crippen LogP contribution in [0.15, 0.2) is 72.8 Å². The largest absolute Gasteiger partial charge is 0.358 e. The fourth-order valence-electron chi connectivity index (χ4n) is 3.15. The van der Waals surface area contributed by atoms with E-state index in [1.54, 1.807) is 23.3 Å². The van der Waals surface area contributed by atoms with Gasteiger partial charge in [0.05, 0.1) is 0 Å². The van der Waals surface area contributed by atoms with Crippen molar-refractivity contribution in [2.75, 3.05) is 0 Å². The minimum absolute atomic E-state index is 0. The van der Waals surface area contributed by atoms with E-state index in [1.165, 1.54) is 44.2 Å². The van der Waals surface area contributed by atoms with Gasteiger partial charge in [0.25, 0.3) is 0 Å². The van der Waals surface area contributed by atoms with Gasteiger partial charge >= 0.3 is 41.9 Å². The van der Waals surface area contributed by atoms with Crippen LogP contribution in [0.2, 0.25) is 13.1 Å². The van der Waals surface area contributed by atoms with Crippen LogP contribution in [0, 0.1) is 35.1 Å². The van der Waals surface area contributed by atoms with Gasteiger partial charge in [-0.15, -0.1) is 46.7 Å². The smallest absolute Gasteiger partial charge is 0.0623 e. The SMILES string of the molecule is C[Si](C)=[Zr].Cc1[cH-]c(C)c(C)c1C.[CH3-].c1ccc(-c2c[cH-]c3ccccc23)cc1. The molecule has 2 heteroatoms. The maximum absolute atomic E-state index is 2.31. The number of fused-ring (bicyclic) bond motifs is 1. The van der Waals surface area contributed by atoms with Crippen molar-refractivity contribution in [1.29, 1.82) is 0 Å². The van der Waals surface area contributed by atoms with E-state index < -0.39 is 0 Å². The Morgan fingerprint density at radius 1 is 0.759 bits per heavy atom. The Kier molecular flexibility index (Phi) is 10.8. The molecule has 152 valence electrons. The predicted molar refractivity (Wildman–Crippen MR) is 130 cm³/mol. The molecule has 0 saturated carbocycles. The van der Waals surface area contributed by atoms with Crippen molar-refractivity contribution in [2.24, 2.45) is 0 Å². The molecule has 0 spiro atoms. The van der Waals surface area contributed by atoms with E-state index in [4.69, 9.17) is 0 Å². The van der Waals surface area contributed by atoms with E-state index >= 15 is 0 Å². The van der Waals surface area contributed by atoms with Crippen molar-refractivity contribution < 1.29 is 23.3 Å². The summed E-state index contributed by atoms with van der Waals surface area (Å²) in [5.74, 6) is 0. The summed E-state index contributed by atoms with van der Waals surface area (Å²) in [5, 5.41) is 2.65. The Labute approximate surface area is 193 Å². The van der Waals surface area contributed by atoms with E-state index in [1.807, 2.05) is 0 Å². The first-order valence-electron chi connectivity index (χ1n) is 9.73. The summed E-state index contributed by atoms with van der Waals surface area (Å²) < 4.78 is 0. The maximum Gasteiger partial charge on any atom is -0.0623 e. The molecule has 0 aliphatic heterocycles. The summed E-state index contributed by atoms with van der Waals surface area (Å²) in [6.45, 7) is 13.3. The molecule has 0 radical (unpaired) electrons. The quantitative estimate of drug-likeness (QED) is 0.192. The zero-order valence-electron chi connectivity index (χ0n) is 18.9. The van der Waals surface area contributed by atoms with Crippen LogP contribution >= 0.6 is 0 Å². The van der Waals surface area contributed by atoms with Gasteiger partial charge in [-0.25, -0.2) is 0 Å². The fraction of sp³-hybridized carbons (Fsp3) is 0.222. The summed E-state index contributed by atoms with van der Waals surface area (Å²) in [6, 6.07) is 25.6. The molecular formula is C27H33SiZr-3. The predicted octanol–water partition coefficient (Wildman–Crippen LogP) is 8.10. The molecule has 0 heterocycles. The summed E-state index contributed by atoms with van der Waals surface area (Å²) in [6.07, 6.45) is 0. The van der Waals surface area contributed by atoms with Crippen molar-refractivity contribution in [3.05, 3.63) is 102 Å². The van der Waals surface area contributed by atoms with Gasteiger partial charge in [-0.2, -0.15) is 28.3 Å². The van der Waals surface area contributed by atoms with Gasteiger partial charge in [-0.1, -0.05) is 69.7 Å². The second-order valence-electron chi connectivity index (χ2n) is 7.46. The topological polar surface area (TPSA) is 0 Å². The molecule has 29 heavy (non-hydrogen) atoms. The minimum Gasteiger partial charge on any atom is -0.358 e. The Hall–Kier alpha value is -1.50. The molecular weight excluding hydrogens is 444 g/mol. The number of hydrogen-bond donors (Lipinski definition) is 0. The molecule has 0 atom stereocenters. The monoisotopic (exact) mass is 475 g/mol. The second-order valence-corrected chi connectivity index (χ2v) is 16.8. The molecule has 4 aromatic carbocycles. The van der Waals surface area contributed by atoms with Gasteiger partial charge < -0.3 is 7.43 Å². The molecule has 4 rings (SSSR count). The summed E-state index contributed by atoms with van der Waals surface area (Å²) in [5.41, 5.74) is 8.57. The number of hydrogen-bond acceptors (Lipinski definition) is 0. The third-order valence-electron chi connectivity index (χ3n) is 4.94. The van der Waals surface area contributed by atoms with Crippen LogP contribution in [-0.4, -0.2) is 5.43 Å². The molecule has 0 N–H and O–H groups in total. The van der Waals surface area contributed by atoms with Crippen molar-refractivity contribution in [3.63, 3.8) is 0 Å². The third-order valence-corrected chi connectivity index (χ3v) is 4.94. The number of rotatable bonds is 1. The third kappa shape index (κ3) is 7.36. The minimum atomic E-state index is 0. The molecule has 0 unspecified atom stereocenters. The van der Waals surface area contributed by atoms with E-state index in [2.05, 4.69) is 114 Å². The molecule has 0 aromatic heterocycles. The molecule has 0 bridgehead atoms. The Bertz CT molecular complexity index is 1010. The summed E-state index contributed by atoms with van der Waals surface area (Å²) >= 11 is 1.74. The van der Waals surface area contributed by atoms with Crippen molar-refractivity contribution in [3.8, 4) is 11.1 Å². The van der Waals surface area contributed by atoms with Crippen LogP contribution in [-0.2, 0) is 23.3 Å². The molecule has 0 aliphatic carbocycles. The van der Waals surface area contributed by atoms with E-state index in [0.717, 1.165) is 0 Å². The first-order valence-corrected chi connectivity index (χ1v) is 15.9. The van der Waals surface area contributed by atoms with E-state index in [0.29, 0.717) is 0 Å². The van der Waals surface area contributed by atoms with Crippen molar-refractivity contribution in [1.82, 2.24) is 0 Å². The number of aryl methyl sites for hydroxylation is 2. The van der Waals surface area contributed by atoms with Crippen LogP contribution in [0.3, 0.4) is 0 Å². The van der Waals surface area contributed by atoms with Crippen LogP contribution < -0.4 is 0 Å². The van der Waals surface area contributed by atoms with Gasteiger partial charge in [0, 0.05) is 0 Å². The summed E-state index contributed by atoms with van der Waals surface area (Å²) in [4.78, 5) is 0. The van der Waals surface area contributed by atoms with Crippen LogP contribution in [0.5, 0.6) is 0 Å². The maximum atomic E-state index is 2.31. The van der Waals surface area contributed by atoms with Gasteiger partial charge in [0.2, 0.25) is 0 Å². The molecule has 0 fully saturated rings. The van der Waals surface area contributed by atoms with Gasteiger partial charge in [-0.3, -0.25) is 0 Å². The summed E-state index contributed by atoms with van der Waals surface area (Å²) in [7, 11) is 0. The standard InChI is InChI=1S/C15H11.C9H13.C2H6Si.CH3.Zr/c1-2-6-12(7-3-1)15-11-10-13-8-4-5-9-14(13)15;1-6-5-7(2)9(4)8(6)3;1-3-2;;/h1-11H;5H,1-4H3;1-2H3;1H3;/q2*-1;;-1;. The van der Waals surface area contributed by atoms with Gasteiger partial charge in [0.1, 0.15) is 0 Å². The van der Waals surface area contributed by atoms with Crippen LogP contribution in [0.4, 0.5) is 0 Å². The molecule has 0 aliphatic rings. The normalized spacial score (nSPS) is 9.55. The first kappa shape index (κ1) is 25.5. The zero-order chi connectivity index (χ0) is 20.7. The molecule has 0 saturated heterocycles. The van der Waals surface area contributed by atoms with Gasteiger partial charge in [0.15, 0.2) is 0 Å². The van der Waals surface area contributed by atoms with Gasteiger partial charge in [-0.05, 0) is 0 Å². The Morgan fingerprint density at radius 2 is 1.24 bits per heavy atom. The van der Waals surface area contributed by atoms with E-state index in [-0.39, 0.29) is 12.9 Å². The molecule has 0 nitrogen and oxygen atoms in total. The molecule has 0 amide bonds. The van der Waals surface area contributed by atoms with E-state index in [9.17, 15) is 0 Å². The Morgan fingerprint density at radius 3 is 1.72 bits per heavy atom. The van der Waals surface area contributed by atoms with Crippen molar-refractivity contribution >= 4 is 16.2 Å². The molecule has 4 aromatic rings. The van der Waals surface area contributed by atoms with Crippen molar-refractivity contribution in [2.45, 2.75) is 40.8 Å².